The van der Waals surface area contributed by atoms with Crippen LogP contribution < -0.4 is 10.2 Å². The molecule has 24 heavy (non-hydrogen) atoms. The highest BCUT2D eigenvalue weighted by molar-refractivity contribution is 6.31. The molecule has 0 saturated heterocycles. The van der Waals surface area contributed by atoms with Crippen molar-refractivity contribution in [2.75, 3.05) is 11.4 Å². The van der Waals surface area contributed by atoms with E-state index in [1.54, 1.807) is 17.0 Å². The van der Waals surface area contributed by atoms with Gasteiger partial charge in [-0.3, -0.25) is 9.59 Å². The molecule has 1 N–H and O–H groups in total. The minimum Gasteiger partial charge on any atom is -0.352 e. The van der Waals surface area contributed by atoms with Gasteiger partial charge in [0.25, 0.3) is 0 Å². The minimum atomic E-state index is -0.115. The summed E-state index contributed by atoms with van der Waals surface area (Å²) in [5.41, 5.74) is 2.73. The number of hydrogen-bond donors (Lipinski definition) is 1. The number of anilines is 1. The average Bonchev–Trinajstić information content (AvgIpc) is 2.57. The molecule has 5 heteroatoms. The van der Waals surface area contributed by atoms with Crippen LogP contribution in [0.1, 0.15) is 24.5 Å². The predicted octanol–water partition coefficient (Wildman–Crippen LogP) is 3.71. The number of carbonyl (C=O) groups is 2. The Balaban J connectivity index is 1.95. The first-order chi connectivity index (χ1) is 11.5. The van der Waals surface area contributed by atoms with E-state index in [0.717, 1.165) is 16.8 Å². The number of benzene rings is 2. The van der Waals surface area contributed by atoms with Gasteiger partial charge in [-0.25, -0.2) is 0 Å². The maximum absolute atomic E-state index is 12.1. The van der Waals surface area contributed by atoms with E-state index >= 15 is 0 Å². The topological polar surface area (TPSA) is 49.4 Å². The maximum Gasteiger partial charge on any atom is 0.223 e. The highest BCUT2D eigenvalue weighted by Gasteiger charge is 2.15. The van der Waals surface area contributed by atoms with Gasteiger partial charge in [0.1, 0.15) is 0 Å². The molecule has 0 heterocycles. The molecule has 0 aliphatic carbocycles. The molecular formula is C19H21ClN2O2. The molecule has 0 aromatic heterocycles. The van der Waals surface area contributed by atoms with Gasteiger partial charge < -0.3 is 10.2 Å². The smallest absolute Gasteiger partial charge is 0.223 e. The zero-order chi connectivity index (χ0) is 17.5. The fourth-order valence-corrected chi connectivity index (χ4v) is 2.59. The second-order valence-corrected chi connectivity index (χ2v) is 6.05. The Hall–Kier alpha value is -2.33. The van der Waals surface area contributed by atoms with Gasteiger partial charge in [0.15, 0.2) is 0 Å². The molecule has 0 spiro atoms. The molecule has 4 nitrogen and oxygen atoms in total. The average molecular weight is 345 g/mol. The third kappa shape index (κ3) is 5.10. The van der Waals surface area contributed by atoms with Crippen molar-refractivity contribution in [2.24, 2.45) is 0 Å². The van der Waals surface area contributed by atoms with Gasteiger partial charge in [0.2, 0.25) is 11.8 Å². The van der Waals surface area contributed by atoms with E-state index in [2.05, 4.69) is 5.32 Å². The molecule has 0 atom stereocenters. The summed E-state index contributed by atoms with van der Waals surface area (Å²) >= 11 is 6.03. The Morgan fingerprint density at radius 3 is 2.50 bits per heavy atom. The van der Waals surface area contributed by atoms with E-state index in [-0.39, 0.29) is 18.2 Å². The largest absolute Gasteiger partial charge is 0.352 e. The van der Waals surface area contributed by atoms with Gasteiger partial charge in [-0.15, -0.1) is 0 Å². The fourth-order valence-electron chi connectivity index (χ4n) is 2.42. The van der Waals surface area contributed by atoms with E-state index in [1.165, 1.54) is 6.92 Å². The van der Waals surface area contributed by atoms with Crippen LogP contribution >= 0.6 is 11.6 Å². The van der Waals surface area contributed by atoms with Crippen molar-refractivity contribution in [3.05, 3.63) is 64.7 Å². The van der Waals surface area contributed by atoms with Crippen molar-refractivity contribution < 1.29 is 9.59 Å². The van der Waals surface area contributed by atoms with Crippen LogP contribution in [0.25, 0.3) is 0 Å². The molecule has 0 saturated carbocycles. The van der Waals surface area contributed by atoms with Crippen molar-refractivity contribution in [1.82, 2.24) is 5.32 Å². The molecule has 2 aromatic rings. The summed E-state index contributed by atoms with van der Waals surface area (Å²) < 4.78 is 0. The highest BCUT2D eigenvalue weighted by atomic mass is 35.5. The molecule has 0 bridgehead atoms. The van der Waals surface area contributed by atoms with Crippen LogP contribution in [0.3, 0.4) is 0 Å². The summed E-state index contributed by atoms with van der Waals surface area (Å²) in [6, 6.07) is 15.1. The van der Waals surface area contributed by atoms with Crippen molar-refractivity contribution in [3.63, 3.8) is 0 Å². The van der Waals surface area contributed by atoms with Crippen molar-refractivity contribution in [2.45, 2.75) is 26.8 Å². The molecule has 126 valence electrons. The summed E-state index contributed by atoms with van der Waals surface area (Å²) in [7, 11) is 0. The van der Waals surface area contributed by atoms with Crippen LogP contribution in [0.15, 0.2) is 48.5 Å². The van der Waals surface area contributed by atoms with Gasteiger partial charge in [-0.2, -0.15) is 0 Å². The Morgan fingerprint density at radius 1 is 1.12 bits per heavy atom. The summed E-state index contributed by atoms with van der Waals surface area (Å²) in [5.74, 6) is -0.207. The minimum absolute atomic E-state index is 0.0928. The molecule has 0 radical (unpaired) electrons. The first-order valence-electron chi connectivity index (χ1n) is 7.82. The first-order valence-corrected chi connectivity index (χ1v) is 8.20. The van der Waals surface area contributed by atoms with Crippen LogP contribution in [0.4, 0.5) is 5.69 Å². The van der Waals surface area contributed by atoms with Crippen LogP contribution in [0.2, 0.25) is 5.02 Å². The number of hydrogen-bond acceptors (Lipinski definition) is 2. The molecule has 2 aromatic carbocycles. The summed E-state index contributed by atoms with van der Waals surface area (Å²) in [6.07, 6.45) is 0.234. The molecule has 0 aliphatic rings. The second-order valence-electron chi connectivity index (χ2n) is 5.61. The van der Waals surface area contributed by atoms with E-state index in [4.69, 9.17) is 11.6 Å². The lowest BCUT2D eigenvalue weighted by molar-refractivity contribution is -0.121. The SMILES string of the molecule is CC(=O)N(CCC(=O)NCc1ccccc1)c1cc(Cl)ccc1C. The van der Waals surface area contributed by atoms with Crippen molar-refractivity contribution in [3.8, 4) is 0 Å². The summed E-state index contributed by atoms with van der Waals surface area (Å²) in [4.78, 5) is 25.6. The Bertz CT molecular complexity index is 717. The Morgan fingerprint density at radius 2 is 1.83 bits per heavy atom. The van der Waals surface area contributed by atoms with Gasteiger partial charge in [-0.05, 0) is 30.2 Å². The number of amides is 2. The standard InChI is InChI=1S/C19H21ClN2O2/c1-14-8-9-17(20)12-18(14)22(15(2)23)11-10-19(24)21-13-16-6-4-3-5-7-16/h3-9,12H,10-11,13H2,1-2H3,(H,21,24). The number of carbonyl (C=O) groups excluding carboxylic acids is 2. The predicted molar refractivity (Wildman–Crippen MR) is 97.1 cm³/mol. The highest BCUT2D eigenvalue weighted by Crippen LogP contribution is 2.24. The Labute approximate surface area is 147 Å². The molecule has 0 fully saturated rings. The molecule has 2 amide bonds. The van der Waals surface area contributed by atoms with Crippen molar-refractivity contribution >= 4 is 29.1 Å². The Kier molecular flexibility index (Phi) is 6.38. The lowest BCUT2D eigenvalue weighted by Gasteiger charge is -2.23. The number of nitrogens with zero attached hydrogens (tertiary/aromatic N) is 1. The number of nitrogens with one attached hydrogen (secondary N) is 1. The monoisotopic (exact) mass is 344 g/mol. The van der Waals surface area contributed by atoms with Gasteiger partial charge >= 0.3 is 0 Å². The normalized spacial score (nSPS) is 10.3. The summed E-state index contributed by atoms with van der Waals surface area (Å²) in [5, 5.41) is 3.43. The third-order valence-corrected chi connectivity index (χ3v) is 3.97. The summed E-state index contributed by atoms with van der Waals surface area (Å²) in [6.45, 7) is 4.20. The maximum atomic E-state index is 12.1. The van der Waals surface area contributed by atoms with Gasteiger partial charge in [0, 0.05) is 37.1 Å². The van der Waals surface area contributed by atoms with E-state index in [9.17, 15) is 9.59 Å². The van der Waals surface area contributed by atoms with Crippen LogP contribution in [0, 0.1) is 6.92 Å². The zero-order valence-corrected chi connectivity index (χ0v) is 14.6. The van der Waals surface area contributed by atoms with E-state index < -0.39 is 0 Å². The van der Waals surface area contributed by atoms with Gasteiger partial charge in [0.05, 0.1) is 0 Å². The molecule has 0 aliphatic heterocycles. The first kappa shape index (κ1) is 18.0. The number of halogens is 1. The zero-order valence-electron chi connectivity index (χ0n) is 13.9. The lowest BCUT2D eigenvalue weighted by Crippen LogP contribution is -2.34. The van der Waals surface area contributed by atoms with Crippen LogP contribution in [-0.4, -0.2) is 18.4 Å². The van der Waals surface area contributed by atoms with Crippen LogP contribution in [-0.2, 0) is 16.1 Å². The quantitative estimate of drug-likeness (QED) is 0.868. The lowest BCUT2D eigenvalue weighted by atomic mass is 10.1. The van der Waals surface area contributed by atoms with Gasteiger partial charge in [-0.1, -0.05) is 48.0 Å². The van der Waals surface area contributed by atoms with E-state index in [0.29, 0.717) is 18.1 Å². The van der Waals surface area contributed by atoms with Crippen LogP contribution in [0.5, 0.6) is 0 Å². The van der Waals surface area contributed by atoms with E-state index in [1.807, 2.05) is 43.3 Å². The number of aryl methyl sites for hydroxylation is 1. The molecular weight excluding hydrogens is 324 g/mol. The molecule has 0 unspecified atom stereocenters. The number of rotatable bonds is 6. The van der Waals surface area contributed by atoms with Crippen molar-refractivity contribution in [1.29, 1.82) is 0 Å². The third-order valence-electron chi connectivity index (χ3n) is 3.74. The second kappa shape index (κ2) is 8.50. The molecule has 2 rings (SSSR count). The fraction of sp³-hybridized carbons (Fsp3) is 0.263.